The largest absolute Gasteiger partial charge is 0.459 e. The first-order valence-corrected chi connectivity index (χ1v) is 4.98. The number of allylic oxidation sites excluding steroid dienone is 2. The van der Waals surface area contributed by atoms with E-state index < -0.39 is 17.0 Å². The number of rotatable bonds is 2. The molecule has 1 aliphatic rings. The van der Waals surface area contributed by atoms with Gasteiger partial charge in [-0.15, -0.1) is 0 Å². The molecule has 4 heteroatoms. The van der Waals surface area contributed by atoms with Gasteiger partial charge in [0.2, 0.25) is 0 Å². The lowest BCUT2D eigenvalue weighted by molar-refractivity contribution is -0.161. The van der Waals surface area contributed by atoms with E-state index in [2.05, 4.69) is 4.99 Å². The quantitative estimate of drug-likeness (QED) is 0.405. The number of hydrogen-bond acceptors (Lipinski definition) is 4. The van der Waals surface area contributed by atoms with Crippen LogP contribution in [0.4, 0.5) is 0 Å². The van der Waals surface area contributed by atoms with Gasteiger partial charge in [-0.2, -0.15) is 0 Å². The number of esters is 1. The zero-order valence-electron chi connectivity index (χ0n) is 9.64. The van der Waals surface area contributed by atoms with Crippen LogP contribution in [0.3, 0.4) is 0 Å². The van der Waals surface area contributed by atoms with E-state index in [1.165, 1.54) is 18.5 Å². The van der Waals surface area contributed by atoms with Crippen molar-refractivity contribution in [3.05, 3.63) is 24.4 Å². The van der Waals surface area contributed by atoms with Gasteiger partial charge in [0.1, 0.15) is 11.9 Å². The molecule has 1 unspecified atom stereocenters. The van der Waals surface area contributed by atoms with Crippen LogP contribution in [0.25, 0.3) is 0 Å². The molecule has 1 rings (SSSR count). The summed E-state index contributed by atoms with van der Waals surface area (Å²) in [6.07, 6.45) is 8.05. The van der Waals surface area contributed by atoms with Crippen LogP contribution in [0.5, 0.6) is 0 Å². The average molecular weight is 221 g/mol. The van der Waals surface area contributed by atoms with E-state index in [-0.39, 0.29) is 0 Å². The van der Waals surface area contributed by atoms with Crippen LogP contribution in [0, 0.1) is 5.41 Å². The third kappa shape index (κ3) is 2.89. The van der Waals surface area contributed by atoms with Gasteiger partial charge in [0.25, 0.3) is 0 Å². The van der Waals surface area contributed by atoms with Gasteiger partial charge in [-0.25, -0.2) is 0 Å². The predicted octanol–water partition coefficient (Wildman–Crippen LogP) is 1.67. The minimum absolute atomic E-state index is 0.536. The van der Waals surface area contributed by atoms with Crippen molar-refractivity contribution in [2.24, 2.45) is 10.4 Å². The molecule has 0 aromatic rings. The van der Waals surface area contributed by atoms with E-state index in [9.17, 15) is 9.59 Å². The minimum Gasteiger partial charge on any atom is -0.459 e. The number of ether oxygens (including phenoxy) is 1. The molecule has 0 radical (unpaired) electrons. The third-order valence-electron chi connectivity index (χ3n) is 1.89. The Morgan fingerprint density at radius 1 is 1.38 bits per heavy atom. The molecule has 0 fully saturated rings. The smallest absolute Gasteiger partial charge is 0.329 e. The highest BCUT2D eigenvalue weighted by atomic mass is 16.6. The number of nitrogens with zero attached hydrogens (tertiary/aromatic N) is 1. The molecule has 86 valence electrons. The minimum atomic E-state index is -1.41. The molecule has 4 nitrogen and oxygen atoms in total. The van der Waals surface area contributed by atoms with Crippen LogP contribution in [0.15, 0.2) is 29.4 Å². The summed E-state index contributed by atoms with van der Waals surface area (Å²) in [5.74, 6) is -0.612. The molecule has 0 bridgehead atoms. The number of carbonyl (C=O) groups is 2. The van der Waals surface area contributed by atoms with Crippen LogP contribution in [-0.4, -0.2) is 24.1 Å². The highest BCUT2D eigenvalue weighted by molar-refractivity contribution is 6.12. The van der Waals surface area contributed by atoms with Gasteiger partial charge < -0.3 is 9.53 Å². The summed E-state index contributed by atoms with van der Waals surface area (Å²) < 4.78 is 5.19. The maximum absolute atomic E-state index is 11.9. The molecule has 0 aromatic heterocycles. The molecule has 0 saturated carbocycles. The molecule has 16 heavy (non-hydrogen) atoms. The van der Waals surface area contributed by atoms with Gasteiger partial charge in [-0.3, -0.25) is 9.79 Å². The zero-order valence-corrected chi connectivity index (χ0v) is 9.64. The van der Waals surface area contributed by atoms with E-state index in [0.717, 1.165) is 0 Å². The summed E-state index contributed by atoms with van der Waals surface area (Å²) in [5, 5.41) is 0. The standard InChI is InChI=1S/C12H15NO3/c1-11(2,3)16-10(15)12(9-14)6-4-5-7-13-8-12/h4-9H,1-3H3. The maximum atomic E-state index is 11.9. The number of aldehydes is 1. The first-order chi connectivity index (χ1) is 7.40. The second kappa shape index (κ2) is 4.43. The van der Waals surface area contributed by atoms with Crippen molar-refractivity contribution in [1.82, 2.24) is 0 Å². The van der Waals surface area contributed by atoms with Gasteiger partial charge in [0.05, 0.1) is 0 Å². The molecule has 0 spiro atoms. The molecule has 0 N–H and O–H groups in total. The van der Waals surface area contributed by atoms with Gasteiger partial charge in [-0.05, 0) is 26.8 Å². The van der Waals surface area contributed by atoms with Crippen LogP contribution < -0.4 is 0 Å². The topological polar surface area (TPSA) is 55.7 Å². The summed E-state index contributed by atoms with van der Waals surface area (Å²) >= 11 is 0. The highest BCUT2D eigenvalue weighted by Crippen LogP contribution is 2.21. The molecule has 0 saturated heterocycles. The van der Waals surface area contributed by atoms with Crippen molar-refractivity contribution in [3.8, 4) is 0 Å². The van der Waals surface area contributed by atoms with Crippen LogP contribution in [0.2, 0.25) is 0 Å². The molecule has 0 aromatic carbocycles. The van der Waals surface area contributed by atoms with Crippen molar-refractivity contribution in [2.45, 2.75) is 26.4 Å². The van der Waals surface area contributed by atoms with Crippen LogP contribution in [0.1, 0.15) is 20.8 Å². The van der Waals surface area contributed by atoms with E-state index in [0.29, 0.717) is 6.29 Å². The van der Waals surface area contributed by atoms with E-state index in [1.54, 1.807) is 32.9 Å². The van der Waals surface area contributed by atoms with Gasteiger partial charge in [0, 0.05) is 12.4 Å². The summed E-state index contributed by atoms with van der Waals surface area (Å²) in [6.45, 7) is 5.25. The summed E-state index contributed by atoms with van der Waals surface area (Å²) in [5.41, 5.74) is -2.04. The average Bonchev–Trinajstić information content (AvgIpc) is 2.40. The second-order valence-electron chi connectivity index (χ2n) is 4.53. The van der Waals surface area contributed by atoms with Crippen LogP contribution >= 0.6 is 0 Å². The molecular weight excluding hydrogens is 206 g/mol. The van der Waals surface area contributed by atoms with Crippen LogP contribution in [-0.2, 0) is 14.3 Å². The van der Waals surface area contributed by atoms with E-state index in [4.69, 9.17) is 4.74 Å². The first-order valence-electron chi connectivity index (χ1n) is 4.98. The van der Waals surface area contributed by atoms with Gasteiger partial charge in [-0.1, -0.05) is 12.2 Å². The number of hydrogen-bond donors (Lipinski definition) is 0. The van der Waals surface area contributed by atoms with Gasteiger partial charge in [0.15, 0.2) is 5.41 Å². The molecule has 1 heterocycles. The third-order valence-corrected chi connectivity index (χ3v) is 1.89. The monoisotopic (exact) mass is 221 g/mol. The Morgan fingerprint density at radius 3 is 2.62 bits per heavy atom. The normalized spacial score (nSPS) is 23.9. The fourth-order valence-corrected chi connectivity index (χ4v) is 1.13. The molecule has 1 atom stereocenters. The Morgan fingerprint density at radius 2 is 2.06 bits per heavy atom. The predicted molar refractivity (Wildman–Crippen MR) is 61.1 cm³/mol. The summed E-state index contributed by atoms with van der Waals surface area (Å²) in [6, 6.07) is 0. The lowest BCUT2D eigenvalue weighted by Gasteiger charge is -2.25. The second-order valence-corrected chi connectivity index (χ2v) is 4.53. The van der Waals surface area contributed by atoms with E-state index >= 15 is 0 Å². The number of carbonyl (C=O) groups excluding carboxylic acids is 2. The lowest BCUT2D eigenvalue weighted by atomic mass is 9.91. The maximum Gasteiger partial charge on any atom is 0.329 e. The van der Waals surface area contributed by atoms with E-state index in [1.807, 2.05) is 0 Å². The van der Waals surface area contributed by atoms with Gasteiger partial charge >= 0.3 is 5.97 Å². The Hall–Kier alpha value is -1.71. The summed E-state index contributed by atoms with van der Waals surface area (Å²) in [4.78, 5) is 26.8. The van der Waals surface area contributed by atoms with Crippen molar-refractivity contribution in [3.63, 3.8) is 0 Å². The zero-order chi connectivity index (χ0) is 12.2. The van der Waals surface area contributed by atoms with Crippen molar-refractivity contribution >= 4 is 18.5 Å². The lowest BCUT2D eigenvalue weighted by Crippen LogP contribution is -2.38. The van der Waals surface area contributed by atoms with Crippen molar-refractivity contribution in [1.29, 1.82) is 0 Å². The summed E-state index contributed by atoms with van der Waals surface area (Å²) in [7, 11) is 0. The fourth-order valence-electron chi connectivity index (χ4n) is 1.13. The fraction of sp³-hybridized carbons (Fsp3) is 0.417. The molecule has 0 amide bonds. The van der Waals surface area contributed by atoms with Crippen molar-refractivity contribution in [2.75, 3.05) is 0 Å². The molecular formula is C12H15NO3. The Labute approximate surface area is 94.7 Å². The Balaban J connectivity index is 2.97. The SMILES string of the molecule is CC(C)(C)OC(=O)C1(C=O)C=CC=CN=C1. The number of aliphatic imine (C=N–C) groups is 1. The first kappa shape index (κ1) is 12.4. The highest BCUT2D eigenvalue weighted by Gasteiger charge is 2.38. The van der Waals surface area contributed by atoms with Crippen molar-refractivity contribution < 1.29 is 14.3 Å². The molecule has 0 aliphatic carbocycles. The Kier molecular flexibility index (Phi) is 3.42. The molecule has 1 aliphatic heterocycles. The Bertz CT molecular complexity index is 356.